The van der Waals surface area contributed by atoms with Crippen LogP contribution in [0.1, 0.15) is 18.1 Å². The van der Waals surface area contributed by atoms with Gasteiger partial charge in [0.2, 0.25) is 0 Å². The van der Waals surface area contributed by atoms with E-state index in [1.165, 1.54) is 18.4 Å². The number of ether oxygens (including phenoxy) is 1. The quantitative estimate of drug-likeness (QED) is 0.725. The van der Waals surface area contributed by atoms with E-state index in [1.807, 2.05) is 6.07 Å². The first kappa shape index (κ1) is 14.0. The molecule has 0 bridgehead atoms. The fourth-order valence-corrected chi connectivity index (χ4v) is 6.19. The van der Waals surface area contributed by atoms with Crippen LogP contribution < -0.4 is 0 Å². The molecule has 1 fully saturated rings. The number of rotatable bonds is 3. The summed E-state index contributed by atoms with van der Waals surface area (Å²) in [7, 11) is -2.00. The maximum absolute atomic E-state index is 11.7. The summed E-state index contributed by atoms with van der Waals surface area (Å²) in [4.78, 5) is 0. The highest BCUT2D eigenvalue weighted by Gasteiger charge is 2.41. The Morgan fingerprint density at radius 1 is 1.59 bits per heavy atom. The Morgan fingerprint density at radius 3 is 2.71 bits per heavy atom. The second kappa shape index (κ2) is 5.26. The molecule has 0 aliphatic carbocycles. The van der Waals surface area contributed by atoms with Crippen LogP contribution in [0.5, 0.6) is 0 Å². The Morgan fingerprint density at radius 2 is 2.29 bits per heavy atom. The minimum absolute atomic E-state index is 0.232. The molecule has 2 atom stereocenters. The lowest BCUT2D eigenvalue weighted by atomic mass is 10.1. The predicted octanol–water partition coefficient (Wildman–Crippen LogP) is 3.08. The largest absolute Gasteiger partial charge is 0.375 e. The molecule has 0 N–H and O–H groups in total. The van der Waals surface area contributed by atoms with Crippen LogP contribution in [0, 0.1) is 0 Å². The Kier molecular flexibility index (Phi) is 4.32. The van der Waals surface area contributed by atoms with Gasteiger partial charge in [0.1, 0.15) is 11.4 Å². The zero-order valence-electron chi connectivity index (χ0n) is 8.85. The second-order valence-electron chi connectivity index (χ2n) is 3.58. The number of halogens is 2. The van der Waals surface area contributed by atoms with Crippen molar-refractivity contribution in [2.45, 2.75) is 17.8 Å². The molecule has 2 heterocycles. The first-order valence-electron chi connectivity index (χ1n) is 4.81. The van der Waals surface area contributed by atoms with Crippen molar-refractivity contribution in [3.8, 4) is 0 Å². The molecule has 1 aromatic heterocycles. The fraction of sp³-hybridized carbons (Fsp3) is 0.556. The van der Waals surface area contributed by atoms with Crippen molar-refractivity contribution in [2.75, 3.05) is 13.7 Å². The van der Waals surface area contributed by atoms with E-state index in [0.29, 0.717) is 6.42 Å². The molecule has 1 saturated heterocycles. The first-order valence-corrected chi connectivity index (χ1v) is 8.69. The van der Waals surface area contributed by atoms with E-state index < -0.39 is 21.5 Å². The van der Waals surface area contributed by atoms with Crippen molar-refractivity contribution < 1.29 is 17.3 Å². The lowest BCUT2D eigenvalue weighted by Crippen LogP contribution is -2.25. The summed E-state index contributed by atoms with van der Waals surface area (Å²) >= 11 is 8.28. The molecule has 96 valence electrons. The third kappa shape index (κ3) is 2.76. The lowest BCUT2D eigenvalue weighted by molar-refractivity contribution is 0.0987. The Labute approximate surface area is 121 Å². The molecular formula is C9H10Br2O4S2. The van der Waals surface area contributed by atoms with Gasteiger partial charge in [-0.05, 0) is 44.3 Å². The Bertz CT molecular complexity index is 511. The summed E-state index contributed by atoms with van der Waals surface area (Å²) in [6.07, 6.45) is -0.0415. The van der Waals surface area contributed by atoms with Crippen molar-refractivity contribution in [2.24, 2.45) is 0 Å². The molecule has 2 rings (SSSR count). The SMILES string of the molecule is COC(c1cc(Br)sc1Br)C1CCOS1(=O)=O. The molecule has 1 aliphatic heterocycles. The maximum atomic E-state index is 11.7. The molecule has 0 spiro atoms. The van der Waals surface area contributed by atoms with Gasteiger partial charge in [0.05, 0.1) is 14.2 Å². The number of methoxy groups -OCH3 is 1. The zero-order chi connectivity index (χ0) is 12.6. The summed E-state index contributed by atoms with van der Waals surface area (Å²) in [5.41, 5.74) is 0.837. The predicted molar refractivity (Wildman–Crippen MR) is 72.7 cm³/mol. The Balaban J connectivity index is 2.37. The van der Waals surface area contributed by atoms with Crippen LogP contribution in [0.4, 0.5) is 0 Å². The van der Waals surface area contributed by atoms with Crippen LogP contribution >= 0.6 is 43.2 Å². The van der Waals surface area contributed by atoms with E-state index in [4.69, 9.17) is 8.92 Å². The fourth-order valence-electron chi connectivity index (χ4n) is 1.84. The molecule has 0 amide bonds. The van der Waals surface area contributed by atoms with E-state index in [0.717, 1.165) is 13.1 Å². The summed E-state index contributed by atoms with van der Waals surface area (Å²) in [5.74, 6) is 0. The normalized spacial score (nSPS) is 25.0. The molecule has 0 aromatic carbocycles. The van der Waals surface area contributed by atoms with Crippen molar-refractivity contribution in [3.63, 3.8) is 0 Å². The van der Waals surface area contributed by atoms with Crippen LogP contribution in [0.25, 0.3) is 0 Å². The van der Waals surface area contributed by atoms with E-state index in [2.05, 4.69) is 31.9 Å². The molecule has 0 saturated carbocycles. The molecular weight excluding hydrogens is 396 g/mol. The minimum Gasteiger partial charge on any atom is -0.375 e. The van der Waals surface area contributed by atoms with Gasteiger partial charge in [0.15, 0.2) is 0 Å². The van der Waals surface area contributed by atoms with Crippen LogP contribution in [-0.4, -0.2) is 27.4 Å². The van der Waals surface area contributed by atoms with Crippen molar-refractivity contribution >= 4 is 53.3 Å². The molecule has 4 nitrogen and oxygen atoms in total. The van der Waals surface area contributed by atoms with Gasteiger partial charge < -0.3 is 4.74 Å². The third-order valence-electron chi connectivity index (χ3n) is 2.60. The van der Waals surface area contributed by atoms with Gasteiger partial charge in [-0.25, -0.2) is 0 Å². The van der Waals surface area contributed by atoms with Gasteiger partial charge >= 0.3 is 0 Å². The summed E-state index contributed by atoms with van der Waals surface area (Å²) in [5, 5.41) is -0.634. The monoisotopic (exact) mass is 404 g/mol. The van der Waals surface area contributed by atoms with Gasteiger partial charge in [0, 0.05) is 12.7 Å². The van der Waals surface area contributed by atoms with Gasteiger partial charge in [-0.15, -0.1) is 11.3 Å². The van der Waals surface area contributed by atoms with E-state index in [-0.39, 0.29) is 6.61 Å². The number of hydrogen-bond acceptors (Lipinski definition) is 5. The highest BCUT2D eigenvalue weighted by atomic mass is 79.9. The van der Waals surface area contributed by atoms with E-state index >= 15 is 0 Å². The van der Waals surface area contributed by atoms with Gasteiger partial charge in [-0.2, -0.15) is 8.42 Å². The second-order valence-corrected chi connectivity index (χ2v) is 9.15. The summed E-state index contributed by atoms with van der Waals surface area (Å²) < 4.78 is 35.4. The van der Waals surface area contributed by atoms with Crippen molar-refractivity contribution in [3.05, 3.63) is 19.2 Å². The smallest absolute Gasteiger partial charge is 0.273 e. The molecule has 1 aromatic rings. The number of hydrogen-bond donors (Lipinski definition) is 0. The van der Waals surface area contributed by atoms with Crippen LogP contribution in [-0.2, 0) is 19.0 Å². The standard InChI is InChI=1S/C9H10Br2O4S2/c1-14-8(5-4-7(10)16-9(5)11)6-2-3-15-17(6,12)13/h4,6,8H,2-3H2,1H3. The highest BCUT2D eigenvalue weighted by molar-refractivity contribution is 9.12. The maximum Gasteiger partial charge on any atom is 0.273 e. The molecule has 1 aliphatic rings. The third-order valence-corrected chi connectivity index (χ3v) is 6.71. The number of thiophene rings is 1. The van der Waals surface area contributed by atoms with Crippen LogP contribution in [0.15, 0.2) is 13.6 Å². The van der Waals surface area contributed by atoms with E-state index in [1.54, 1.807) is 0 Å². The molecule has 0 radical (unpaired) electrons. The van der Waals surface area contributed by atoms with Gasteiger partial charge in [0.25, 0.3) is 10.1 Å². The van der Waals surface area contributed by atoms with E-state index in [9.17, 15) is 8.42 Å². The summed E-state index contributed by atoms with van der Waals surface area (Å²) in [6.45, 7) is 0.232. The average Bonchev–Trinajstić information content (AvgIpc) is 2.73. The van der Waals surface area contributed by atoms with Gasteiger partial charge in [-0.3, -0.25) is 4.18 Å². The highest BCUT2D eigenvalue weighted by Crippen LogP contribution is 2.41. The van der Waals surface area contributed by atoms with Crippen molar-refractivity contribution in [1.82, 2.24) is 0 Å². The zero-order valence-corrected chi connectivity index (χ0v) is 13.7. The lowest BCUT2D eigenvalue weighted by Gasteiger charge is -2.19. The van der Waals surface area contributed by atoms with Crippen molar-refractivity contribution in [1.29, 1.82) is 0 Å². The average molecular weight is 406 g/mol. The summed E-state index contributed by atoms with van der Waals surface area (Å²) in [6, 6.07) is 1.87. The first-order chi connectivity index (χ1) is 7.95. The van der Waals surface area contributed by atoms with Crippen LogP contribution in [0.2, 0.25) is 0 Å². The molecule has 2 unspecified atom stereocenters. The van der Waals surface area contributed by atoms with Crippen LogP contribution in [0.3, 0.4) is 0 Å². The minimum atomic E-state index is -3.51. The Hall–Kier alpha value is 0.530. The molecule has 17 heavy (non-hydrogen) atoms. The topological polar surface area (TPSA) is 52.6 Å². The molecule has 8 heteroatoms. The van der Waals surface area contributed by atoms with Gasteiger partial charge in [-0.1, -0.05) is 0 Å².